The lowest BCUT2D eigenvalue weighted by Gasteiger charge is -2.32. The molecule has 132 valence electrons. The van der Waals surface area contributed by atoms with Crippen molar-refractivity contribution < 1.29 is 23.1 Å². The van der Waals surface area contributed by atoms with Gasteiger partial charge in [-0.2, -0.15) is 9.40 Å². The van der Waals surface area contributed by atoms with Crippen molar-refractivity contribution in [3.63, 3.8) is 0 Å². The Morgan fingerprint density at radius 2 is 2.00 bits per heavy atom. The zero-order chi connectivity index (χ0) is 17.6. The Morgan fingerprint density at radius 1 is 1.29 bits per heavy atom. The lowest BCUT2D eigenvalue weighted by molar-refractivity contribution is -0.135. The smallest absolute Gasteiger partial charge is 0.356 e. The van der Waals surface area contributed by atoms with Crippen LogP contribution in [0.4, 0.5) is 0 Å². The van der Waals surface area contributed by atoms with Crippen molar-refractivity contribution in [1.82, 2.24) is 19.0 Å². The largest absolute Gasteiger partial charge is 0.476 e. The first kappa shape index (κ1) is 16.9. The van der Waals surface area contributed by atoms with E-state index >= 15 is 0 Å². The molecule has 1 atom stereocenters. The van der Waals surface area contributed by atoms with Crippen molar-refractivity contribution in [2.75, 3.05) is 19.3 Å². The van der Waals surface area contributed by atoms with Crippen LogP contribution in [0.1, 0.15) is 34.6 Å². The predicted octanol–water partition coefficient (Wildman–Crippen LogP) is -0.573. The Labute approximate surface area is 139 Å². The Bertz CT molecular complexity index is 800. The van der Waals surface area contributed by atoms with Crippen LogP contribution < -0.4 is 0 Å². The van der Waals surface area contributed by atoms with Gasteiger partial charge in [-0.1, -0.05) is 0 Å². The summed E-state index contributed by atoms with van der Waals surface area (Å²) in [6, 6.07) is -0.688. The number of nitrogens with zero attached hydrogens (tertiary/aromatic N) is 4. The number of fused-ring (bicyclic) bond motifs is 1. The molecule has 3 rings (SSSR count). The average Bonchev–Trinajstić information content (AvgIpc) is 3.11. The number of sulfonamides is 1. The number of carbonyl (C=O) groups excluding carboxylic acids is 1. The van der Waals surface area contributed by atoms with Crippen LogP contribution in [0.2, 0.25) is 0 Å². The van der Waals surface area contributed by atoms with E-state index in [0.717, 1.165) is 11.9 Å². The molecule has 0 aromatic carbocycles. The maximum absolute atomic E-state index is 12.8. The molecule has 2 aliphatic heterocycles. The maximum Gasteiger partial charge on any atom is 0.356 e. The first-order chi connectivity index (χ1) is 11.2. The molecular formula is C14H20N4O5S. The fourth-order valence-electron chi connectivity index (χ4n) is 3.55. The number of aryl methyl sites for hydroxylation is 1. The molecule has 0 spiro atoms. The highest BCUT2D eigenvalue weighted by atomic mass is 32.2. The Balaban J connectivity index is 1.85. The zero-order valence-electron chi connectivity index (χ0n) is 13.6. The molecule has 3 heterocycles. The quantitative estimate of drug-likeness (QED) is 0.776. The topological polar surface area (TPSA) is 113 Å². The summed E-state index contributed by atoms with van der Waals surface area (Å²) in [5.41, 5.74) is 1.30. The SMILES string of the molecule is Cn1nc(C(=O)O)c2c1CCN(C(=O)[C@H]1CCCN1S(C)(=O)=O)C2. The average molecular weight is 356 g/mol. The standard InChI is InChI=1S/C14H20N4O5S/c1-16-10-5-7-17(8-9(10)12(15-16)14(20)21)13(19)11-4-3-6-18(11)24(2,22)23/h11H,3-8H2,1-2H3,(H,20,21)/t11-/m1/s1. The van der Waals surface area contributed by atoms with E-state index in [1.54, 1.807) is 16.6 Å². The Morgan fingerprint density at radius 3 is 2.62 bits per heavy atom. The predicted molar refractivity (Wildman–Crippen MR) is 83.9 cm³/mol. The van der Waals surface area contributed by atoms with E-state index in [-0.39, 0.29) is 18.1 Å². The molecule has 0 bridgehead atoms. The highest BCUT2D eigenvalue weighted by Crippen LogP contribution is 2.27. The molecule has 1 fully saturated rings. The van der Waals surface area contributed by atoms with Crippen LogP contribution in [-0.4, -0.2) is 69.8 Å². The summed E-state index contributed by atoms with van der Waals surface area (Å²) in [6.45, 7) is 0.928. The number of hydrogen-bond donors (Lipinski definition) is 1. The van der Waals surface area contributed by atoms with Gasteiger partial charge in [0.15, 0.2) is 5.69 Å². The number of hydrogen-bond acceptors (Lipinski definition) is 5. The minimum Gasteiger partial charge on any atom is -0.476 e. The van der Waals surface area contributed by atoms with Gasteiger partial charge in [0.1, 0.15) is 6.04 Å². The van der Waals surface area contributed by atoms with Crippen LogP contribution in [-0.2, 0) is 34.8 Å². The van der Waals surface area contributed by atoms with Gasteiger partial charge in [0.2, 0.25) is 15.9 Å². The van der Waals surface area contributed by atoms with Crippen LogP contribution in [0.5, 0.6) is 0 Å². The molecule has 1 saturated heterocycles. The van der Waals surface area contributed by atoms with E-state index in [4.69, 9.17) is 0 Å². The molecule has 2 aliphatic rings. The molecule has 1 amide bonds. The molecule has 0 saturated carbocycles. The van der Waals surface area contributed by atoms with Gasteiger partial charge in [-0.25, -0.2) is 13.2 Å². The summed E-state index contributed by atoms with van der Waals surface area (Å²) in [5.74, 6) is -1.39. The molecule has 24 heavy (non-hydrogen) atoms. The van der Waals surface area contributed by atoms with Crippen molar-refractivity contribution in [2.24, 2.45) is 7.05 Å². The van der Waals surface area contributed by atoms with E-state index in [1.165, 1.54) is 4.31 Å². The van der Waals surface area contributed by atoms with Gasteiger partial charge < -0.3 is 10.0 Å². The Hall–Kier alpha value is -1.94. The second-order valence-electron chi connectivity index (χ2n) is 6.24. The molecule has 0 unspecified atom stereocenters. The normalized spacial score (nSPS) is 21.8. The lowest BCUT2D eigenvalue weighted by Crippen LogP contribution is -2.48. The number of aromatic nitrogens is 2. The minimum atomic E-state index is -3.44. The van der Waals surface area contributed by atoms with Crippen molar-refractivity contribution in [3.05, 3.63) is 17.0 Å². The fraction of sp³-hybridized carbons (Fsp3) is 0.643. The summed E-state index contributed by atoms with van der Waals surface area (Å²) >= 11 is 0. The molecule has 9 nitrogen and oxygen atoms in total. The summed E-state index contributed by atoms with van der Waals surface area (Å²) < 4.78 is 26.5. The number of aromatic carboxylic acids is 1. The molecule has 1 aromatic rings. The Kier molecular flexibility index (Phi) is 4.12. The first-order valence-corrected chi connectivity index (χ1v) is 9.58. The van der Waals surface area contributed by atoms with Crippen LogP contribution in [0.15, 0.2) is 0 Å². The van der Waals surface area contributed by atoms with Crippen LogP contribution in [0, 0.1) is 0 Å². The van der Waals surface area contributed by atoms with E-state index in [9.17, 15) is 23.1 Å². The number of amides is 1. The van der Waals surface area contributed by atoms with E-state index < -0.39 is 22.0 Å². The third kappa shape index (κ3) is 2.80. The van der Waals surface area contributed by atoms with Crippen LogP contribution in [0.25, 0.3) is 0 Å². The van der Waals surface area contributed by atoms with Gasteiger partial charge in [0.05, 0.1) is 6.26 Å². The van der Waals surface area contributed by atoms with Gasteiger partial charge in [0, 0.05) is 44.4 Å². The molecule has 0 radical (unpaired) electrons. The maximum atomic E-state index is 12.8. The van der Waals surface area contributed by atoms with Gasteiger partial charge in [-0.15, -0.1) is 0 Å². The summed E-state index contributed by atoms with van der Waals surface area (Å²) in [7, 11) is -1.75. The van der Waals surface area contributed by atoms with Gasteiger partial charge >= 0.3 is 5.97 Å². The molecule has 1 N–H and O–H groups in total. The molecular weight excluding hydrogens is 336 g/mol. The number of carboxylic acid groups (broad SMARTS) is 1. The summed E-state index contributed by atoms with van der Waals surface area (Å²) in [5, 5.41) is 13.3. The summed E-state index contributed by atoms with van der Waals surface area (Å²) in [4.78, 5) is 25.7. The molecule has 10 heteroatoms. The lowest BCUT2D eigenvalue weighted by atomic mass is 10.0. The van der Waals surface area contributed by atoms with Gasteiger partial charge in [-0.3, -0.25) is 9.48 Å². The monoisotopic (exact) mass is 356 g/mol. The van der Waals surface area contributed by atoms with Crippen LogP contribution >= 0.6 is 0 Å². The minimum absolute atomic E-state index is 0.0450. The number of carbonyl (C=O) groups is 2. The van der Waals surface area contributed by atoms with E-state index in [0.29, 0.717) is 37.9 Å². The second-order valence-corrected chi connectivity index (χ2v) is 8.18. The van der Waals surface area contributed by atoms with E-state index in [2.05, 4.69) is 5.10 Å². The van der Waals surface area contributed by atoms with Crippen LogP contribution in [0.3, 0.4) is 0 Å². The number of rotatable bonds is 3. The van der Waals surface area contributed by atoms with Crippen molar-refractivity contribution in [2.45, 2.75) is 31.8 Å². The number of carboxylic acids is 1. The second kappa shape index (κ2) is 5.85. The van der Waals surface area contributed by atoms with E-state index in [1.807, 2.05) is 0 Å². The third-order valence-electron chi connectivity index (χ3n) is 4.67. The third-order valence-corrected chi connectivity index (χ3v) is 5.96. The van der Waals surface area contributed by atoms with Gasteiger partial charge in [-0.05, 0) is 12.8 Å². The van der Waals surface area contributed by atoms with Gasteiger partial charge in [0.25, 0.3) is 0 Å². The summed E-state index contributed by atoms with van der Waals surface area (Å²) in [6.07, 6.45) is 2.75. The molecule has 1 aromatic heterocycles. The van der Waals surface area contributed by atoms with Crippen molar-refractivity contribution in [1.29, 1.82) is 0 Å². The molecule has 0 aliphatic carbocycles. The highest BCUT2D eigenvalue weighted by Gasteiger charge is 2.40. The van der Waals surface area contributed by atoms with Crippen molar-refractivity contribution in [3.8, 4) is 0 Å². The first-order valence-electron chi connectivity index (χ1n) is 7.73. The highest BCUT2D eigenvalue weighted by molar-refractivity contribution is 7.88. The zero-order valence-corrected chi connectivity index (χ0v) is 14.4. The fourth-order valence-corrected chi connectivity index (χ4v) is 4.67. The van der Waals surface area contributed by atoms with Crippen molar-refractivity contribution >= 4 is 21.9 Å².